The molecule has 11 nitrogen and oxygen atoms in total. The molecule has 1 heterocycles. The molecule has 0 radical (unpaired) electrons. The molecule has 138 valence electrons. The number of methoxy groups -OCH3 is 1. The van der Waals surface area contributed by atoms with Crippen molar-refractivity contribution in [3.8, 4) is 17.6 Å². The first-order valence-corrected chi connectivity index (χ1v) is 7.31. The van der Waals surface area contributed by atoms with Crippen LogP contribution in [-0.2, 0) is 11.3 Å². The van der Waals surface area contributed by atoms with Gasteiger partial charge in [-0.15, -0.1) is 0 Å². The molecule has 0 unspecified atom stereocenters. The predicted octanol–water partition coefficient (Wildman–Crippen LogP) is 1.21. The van der Waals surface area contributed by atoms with Crippen molar-refractivity contribution >= 4 is 17.4 Å². The fourth-order valence-corrected chi connectivity index (χ4v) is 2.06. The Morgan fingerprint density at radius 1 is 1.48 bits per heavy atom. The van der Waals surface area contributed by atoms with Crippen molar-refractivity contribution in [3.63, 3.8) is 0 Å². The minimum Gasteiger partial charge on any atom is -0.506 e. The topological polar surface area (TPSA) is 172 Å². The number of carbonyl (C=O) groups is 1. The monoisotopic (exact) mass is 371 g/mol. The van der Waals surface area contributed by atoms with Crippen LogP contribution in [-0.4, -0.2) is 38.1 Å². The molecule has 1 aromatic carbocycles. The third kappa shape index (κ3) is 4.26. The SMILES string of the molecule is COc1cc(/C(O)=C(\C#N)C(=O)NCc2ccncn2)cc([N+](=O)[O-])c1O. The highest BCUT2D eigenvalue weighted by Gasteiger charge is 2.24. The molecular formula is C16H13N5O6. The molecule has 0 aliphatic carbocycles. The zero-order valence-corrected chi connectivity index (χ0v) is 13.9. The molecule has 2 rings (SSSR count). The lowest BCUT2D eigenvalue weighted by Gasteiger charge is -2.09. The fourth-order valence-electron chi connectivity index (χ4n) is 2.06. The van der Waals surface area contributed by atoms with Gasteiger partial charge in [0, 0.05) is 17.8 Å². The third-order valence-electron chi connectivity index (χ3n) is 3.39. The van der Waals surface area contributed by atoms with Crippen LogP contribution in [0.3, 0.4) is 0 Å². The maximum atomic E-state index is 12.2. The minimum absolute atomic E-state index is 0.0289. The van der Waals surface area contributed by atoms with Crippen LogP contribution >= 0.6 is 0 Å². The number of phenols is 1. The molecule has 0 aliphatic rings. The smallest absolute Gasteiger partial charge is 0.315 e. The number of nitrogens with one attached hydrogen (secondary N) is 1. The normalized spacial score (nSPS) is 11.1. The molecule has 0 saturated carbocycles. The van der Waals surface area contributed by atoms with Gasteiger partial charge in [-0.1, -0.05) is 0 Å². The van der Waals surface area contributed by atoms with E-state index in [4.69, 9.17) is 4.74 Å². The number of phenolic OH excluding ortho intramolecular Hbond substituents is 1. The Hall–Kier alpha value is -4.20. The molecule has 27 heavy (non-hydrogen) atoms. The molecule has 1 aromatic heterocycles. The van der Waals surface area contributed by atoms with Gasteiger partial charge in [0.05, 0.1) is 24.3 Å². The molecule has 0 aliphatic heterocycles. The van der Waals surface area contributed by atoms with E-state index in [0.29, 0.717) is 5.69 Å². The average Bonchev–Trinajstić information content (AvgIpc) is 2.67. The van der Waals surface area contributed by atoms with E-state index < -0.39 is 33.6 Å². The van der Waals surface area contributed by atoms with Crippen LogP contribution in [0.4, 0.5) is 5.69 Å². The summed E-state index contributed by atoms with van der Waals surface area (Å²) in [6.07, 6.45) is 2.75. The zero-order valence-electron chi connectivity index (χ0n) is 13.9. The van der Waals surface area contributed by atoms with Crippen molar-refractivity contribution in [2.24, 2.45) is 0 Å². The molecule has 0 atom stereocenters. The number of nitrogens with zero attached hydrogens (tertiary/aromatic N) is 4. The van der Waals surface area contributed by atoms with E-state index in [9.17, 15) is 30.4 Å². The summed E-state index contributed by atoms with van der Waals surface area (Å²) in [6, 6.07) is 4.98. The number of rotatable bonds is 6. The number of aromatic hydroxyl groups is 1. The first-order chi connectivity index (χ1) is 12.9. The number of aromatic nitrogens is 2. The van der Waals surface area contributed by atoms with E-state index in [2.05, 4.69) is 15.3 Å². The Bertz CT molecular complexity index is 952. The Morgan fingerprint density at radius 3 is 2.78 bits per heavy atom. The van der Waals surface area contributed by atoms with Gasteiger partial charge in [-0.25, -0.2) is 9.97 Å². The number of aliphatic hydroxyl groups is 1. The molecule has 0 spiro atoms. The van der Waals surface area contributed by atoms with Gasteiger partial charge in [-0.3, -0.25) is 14.9 Å². The summed E-state index contributed by atoms with van der Waals surface area (Å²) in [7, 11) is 1.16. The fraction of sp³-hybridized carbons (Fsp3) is 0.125. The van der Waals surface area contributed by atoms with Crippen LogP contribution in [0.1, 0.15) is 11.3 Å². The summed E-state index contributed by atoms with van der Waals surface area (Å²) in [4.78, 5) is 30.0. The summed E-state index contributed by atoms with van der Waals surface area (Å²) < 4.78 is 4.82. The predicted molar refractivity (Wildman–Crippen MR) is 90.4 cm³/mol. The average molecular weight is 371 g/mol. The van der Waals surface area contributed by atoms with Crippen molar-refractivity contribution in [1.82, 2.24) is 15.3 Å². The summed E-state index contributed by atoms with van der Waals surface area (Å²) in [5.41, 5.74) is -1.21. The largest absolute Gasteiger partial charge is 0.506 e. The van der Waals surface area contributed by atoms with Gasteiger partial charge in [-0.2, -0.15) is 5.26 Å². The summed E-state index contributed by atoms with van der Waals surface area (Å²) in [5.74, 6) is -2.77. The van der Waals surface area contributed by atoms with Crippen molar-refractivity contribution in [2.45, 2.75) is 6.54 Å². The number of amides is 1. The Kier molecular flexibility index (Phi) is 5.85. The van der Waals surface area contributed by atoms with Crippen molar-refractivity contribution in [1.29, 1.82) is 5.26 Å². The van der Waals surface area contributed by atoms with Crippen LogP contribution in [0.2, 0.25) is 0 Å². The van der Waals surface area contributed by atoms with E-state index in [1.165, 1.54) is 12.5 Å². The van der Waals surface area contributed by atoms with Gasteiger partial charge >= 0.3 is 5.69 Å². The Balaban J connectivity index is 2.38. The second-order valence-electron chi connectivity index (χ2n) is 5.02. The molecule has 2 aromatic rings. The second-order valence-corrected chi connectivity index (χ2v) is 5.02. The number of ether oxygens (including phenoxy) is 1. The number of aliphatic hydroxyl groups excluding tert-OH is 1. The highest BCUT2D eigenvalue weighted by Crippen LogP contribution is 2.38. The van der Waals surface area contributed by atoms with E-state index in [1.807, 2.05) is 0 Å². The number of hydrogen-bond acceptors (Lipinski definition) is 9. The Morgan fingerprint density at radius 2 is 2.22 bits per heavy atom. The van der Waals surface area contributed by atoms with Gasteiger partial charge < -0.3 is 20.3 Å². The maximum absolute atomic E-state index is 12.2. The first kappa shape index (κ1) is 19.1. The van der Waals surface area contributed by atoms with Crippen LogP contribution < -0.4 is 10.1 Å². The van der Waals surface area contributed by atoms with Gasteiger partial charge in [0.1, 0.15) is 18.2 Å². The molecule has 0 saturated heterocycles. The highest BCUT2D eigenvalue weighted by molar-refractivity contribution is 6.03. The molecule has 11 heteroatoms. The molecule has 3 N–H and O–H groups in total. The minimum atomic E-state index is -0.914. The zero-order chi connectivity index (χ0) is 20.0. The third-order valence-corrected chi connectivity index (χ3v) is 3.39. The lowest BCUT2D eigenvalue weighted by molar-refractivity contribution is -0.386. The van der Waals surface area contributed by atoms with Crippen LogP contribution in [0.5, 0.6) is 11.5 Å². The van der Waals surface area contributed by atoms with Gasteiger partial charge in [-0.05, 0) is 12.1 Å². The van der Waals surface area contributed by atoms with Gasteiger partial charge in [0.2, 0.25) is 5.75 Å². The molecular weight excluding hydrogens is 358 g/mol. The number of nitro benzene ring substituents is 1. The summed E-state index contributed by atoms with van der Waals surface area (Å²) >= 11 is 0. The van der Waals surface area contributed by atoms with E-state index in [1.54, 1.807) is 12.1 Å². The number of nitriles is 1. The first-order valence-electron chi connectivity index (χ1n) is 7.31. The Labute approximate surface area is 152 Å². The molecule has 0 bridgehead atoms. The number of hydrogen-bond donors (Lipinski definition) is 3. The van der Waals surface area contributed by atoms with E-state index in [0.717, 1.165) is 19.2 Å². The van der Waals surface area contributed by atoms with Crippen LogP contribution in [0.15, 0.2) is 36.3 Å². The van der Waals surface area contributed by atoms with E-state index in [-0.39, 0.29) is 17.9 Å². The quantitative estimate of drug-likeness (QED) is 0.222. The van der Waals surface area contributed by atoms with Crippen LogP contribution in [0.25, 0.3) is 5.76 Å². The standard InChI is InChI=1S/C16H13N5O6/c1-27-13-5-9(4-12(15(13)23)21(25)26)14(22)11(6-17)16(24)19-7-10-2-3-18-8-20-10/h2-5,8,22-23H,7H2,1H3,(H,19,24)/b14-11-. The van der Waals surface area contributed by atoms with Gasteiger partial charge in [0.25, 0.3) is 5.91 Å². The number of benzene rings is 1. The number of carbonyl (C=O) groups excluding carboxylic acids is 1. The lowest BCUT2D eigenvalue weighted by atomic mass is 10.1. The molecule has 0 fully saturated rings. The summed E-state index contributed by atoms with van der Waals surface area (Å²) in [6.45, 7) is -0.0289. The summed E-state index contributed by atoms with van der Waals surface area (Å²) in [5, 5.41) is 42.7. The van der Waals surface area contributed by atoms with Crippen molar-refractivity contribution in [3.05, 3.63) is 57.7 Å². The molecule has 1 amide bonds. The van der Waals surface area contributed by atoms with Crippen LogP contribution in [0, 0.1) is 21.4 Å². The van der Waals surface area contributed by atoms with Gasteiger partial charge in [0.15, 0.2) is 11.3 Å². The highest BCUT2D eigenvalue weighted by atomic mass is 16.6. The second kappa shape index (κ2) is 8.26. The van der Waals surface area contributed by atoms with Crippen molar-refractivity contribution < 1.29 is 24.7 Å². The maximum Gasteiger partial charge on any atom is 0.315 e. The van der Waals surface area contributed by atoms with E-state index >= 15 is 0 Å². The lowest BCUT2D eigenvalue weighted by Crippen LogP contribution is -2.25. The number of nitro groups is 1. The van der Waals surface area contributed by atoms with Crippen molar-refractivity contribution in [2.75, 3.05) is 7.11 Å².